The van der Waals surface area contributed by atoms with Crippen molar-refractivity contribution >= 4 is 194 Å². The third-order valence-corrected chi connectivity index (χ3v) is 19.0. The molecule has 0 spiro atoms. The normalized spacial score (nSPS) is 15.1. The number of nitrogens with zero attached hydrogens (tertiary/aromatic N) is 12. The minimum Gasteiger partial charge on any atom is -0.523 e. The van der Waals surface area contributed by atoms with Crippen LogP contribution in [0.4, 0.5) is 23.3 Å². The van der Waals surface area contributed by atoms with Crippen LogP contribution in [0.25, 0.3) is 43.1 Å². The summed E-state index contributed by atoms with van der Waals surface area (Å²) in [5.74, 6) is 6.19. The number of amidine groups is 4. The molecule has 8 bridgehead atoms. The second-order valence-corrected chi connectivity index (χ2v) is 28.4. The first kappa shape index (κ1) is 49.8. The third kappa shape index (κ3) is 7.27. The van der Waals surface area contributed by atoms with Crippen molar-refractivity contribution in [2.24, 2.45) is 39.9 Å². The highest BCUT2D eigenvalue weighted by atomic mass is 127. The van der Waals surface area contributed by atoms with Gasteiger partial charge in [0.25, 0.3) is 0 Å². The molecule has 6 aliphatic rings. The molecule has 14 nitrogen and oxygen atoms in total. The number of halogens is 4. The number of hydrogen-bond donors (Lipinski definition) is 0. The van der Waals surface area contributed by atoms with Crippen LogP contribution in [0.5, 0.6) is 11.5 Å². The molecular weight excluding hydrogens is 1470 g/mol. The number of aromatic nitrogens is 4. The van der Waals surface area contributed by atoms with E-state index in [9.17, 15) is 0 Å². The van der Waals surface area contributed by atoms with Gasteiger partial charge in [0.2, 0.25) is 0 Å². The Kier molecular flexibility index (Phi) is 10.6. The van der Waals surface area contributed by atoms with Gasteiger partial charge in [-0.05, 0) is 222 Å². The van der Waals surface area contributed by atoms with Gasteiger partial charge in [0.15, 0.2) is 23.3 Å². The van der Waals surface area contributed by atoms with Gasteiger partial charge in [-0.3, -0.25) is 17.9 Å². The highest BCUT2D eigenvalue weighted by Gasteiger charge is 2.44. The van der Waals surface area contributed by atoms with E-state index in [0.29, 0.717) is 68.8 Å². The highest BCUT2D eigenvalue weighted by molar-refractivity contribution is 14.1. The molecule has 17 rings (SSSR count). The van der Waals surface area contributed by atoms with E-state index in [1.54, 1.807) is 0 Å². The van der Waals surface area contributed by atoms with E-state index < -0.39 is 14.4 Å². The molecular formula is C62H40B2I4N12O2. The molecule has 0 fully saturated rings. The zero-order valence-electron chi connectivity index (χ0n) is 44.6. The van der Waals surface area contributed by atoms with Crippen LogP contribution in [-0.4, -0.2) is 55.6 Å². The fraction of sp³-hybridized carbons (Fsp3) is 0.129. The summed E-state index contributed by atoms with van der Waals surface area (Å²) in [5.41, 5.74) is 8.50. The van der Waals surface area contributed by atoms with Gasteiger partial charge in [0.1, 0.15) is 56.7 Å². The molecule has 4 aromatic heterocycles. The van der Waals surface area contributed by atoms with Crippen LogP contribution < -0.4 is 31.3 Å². The summed E-state index contributed by atoms with van der Waals surface area (Å²) in [4.78, 5) is 44.5. The van der Waals surface area contributed by atoms with E-state index >= 15 is 0 Å². The summed E-state index contributed by atoms with van der Waals surface area (Å²) in [5, 5.41) is 7.28. The van der Waals surface area contributed by atoms with E-state index in [-0.39, 0.29) is 10.8 Å². The average molecular weight is 1510 g/mol. The van der Waals surface area contributed by atoms with Crippen LogP contribution in [-0.2, 0) is 10.8 Å². The number of aliphatic imine (C=N–C) groups is 4. The lowest BCUT2D eigenvalue weighted by Gasteiger charge is -2.24. The fourth-order valence-electron chi connectivity index (χ4n) is 12.3. The summed E-state index contributed by atoms with van der Waals surface area (Å²) in [7, 11) is -1.61. The molecule has 7 aromatic carbocycles. The Balaban J connectivity index is 0.981. The topological polar surface area (TPSA) is 137 Å². The largest absolute Gasteiger partial charge is 0.633 e. The lowest BCUT2D eigenvalue weighted by molar-refractivity contribution is 0.526. The zero-order chi connectivity index (χ0) is 55.6. The molecule has 0 unspecified atom stereocenters. The van der Waals surface area contributed by atoms with Crippen LogP contribution in [0.2, 0.25) is 0 Å². The molecule has 20 heteroatoms. The first-order chi connectivity index (χ1) is 39.5. The van der Waals surface area contributed by atoms with Crippen molar-refractivity contribution in [3.05, 3.63) is 203 Å². The molecule has 0 aliphatic carbocycles. The van der Waals surface area contributed by atoms with Gasteiger partial charge in [-0.25, -0.2) is 39.9 Å². The second-order valence-electron chi connectivity index (χ2n) is 23.4. The Morgan fingerprint density at radius 1 is 0.317 bits per heavy atom. The van der Waals surface area contributed by atoms with E-state index in [1.165, 1.54) is 11.1 Å². The minimum absolute atomic E-state index is 0.0404. The molecule has 0 amide bonds. The van der Waals surface area contributed by atoms with Crippen molar-refractivity contribution in [3.63, 3.8) is 0 Å². The quantitative estimate of drug-likeness (QED) is 0.128. The van der Waals surface area contributed by atoms with Crippen molar-refractivity contribution < 1.29 is 9.31 Å². The Morgan fingerprint density at radius 2 is 0.671 bits per heavy atom. The Labute approximate surface area is 523 Å². The number of fused-ring (bicyclic) bond motifs is 20. The van der Waals surface area contributed by atoms with E-state index in [0.717, 1.165) is 90.9 Å². The lowest BCUT2D eigenvalue weighted by atomic mass is 9.87. The van der Waals surface area contributed by atoms with E-state index in [1.807, 2.05) is 0 Å². The van der Waals surface area contributed by atoms with Crippen molar-refractivity contribution in [2.75, 3.05) is 0 Å². The predicted molar refractivity (Wildman–Crippen MR) is 359 cm³/mol. The maximum Gasteiger partial charge on any atom is 0.633 e. The summed E-state index contributed by atoms with van der Waals surface area (Å²) in [6, 6.07) is 46.8. The maximum absolute atomic E-state index is 7.40. The third-order valence-electron chi connectivity index (χ3n) is 16.3. The van der Waals surface area contributed by atoms with Gasteiger partial charge in [-0.15, -0.1) is 0 Å². The molecule has 394 valence electrons. The van der Waals surface area contributed by atoms with Crippen LogP contribution in [0.1, 0.15) is 74.9 Å². The highest BCUT2D eigenvalue weighted by Crippen LogP contribution is 2.46. The number of benzene rings is 7. The van der Waals surface area contributed by atoms with Crippen LogP contribution >= 0.6 is 90.4 Å². The summed E-state index contributed by atoms with van der Waals surface area (Å²) in [6.07, 6.45) is 0. The molecule has 11 aromatic rings. The second kappa shape index (κ2) is 17.4. The summed E-state index contributed by atoms with van der Waals surface area (Å²) in [6.45, 7) is 13.3. The fourth-order valence-corrected chi connectivity index (χ4v) is 14.2. The van der Waals surface area contributed by atoms with E-state index in [4.69, 9.17) is 49.2 Å². The summed E-state index contributed by atoms with van der Waals surface area (Å²) < 4.78 is 27.5. The molecule has 0 saturated carbocycles. The molecule has 82 heavy (non-hydrogen) atoms. The molecule has 10 heterocycles. The van der Waals surface area contributed by atoms with Crippen LogP contribution in [0.3, 0.4) is 0 Å². The Hall–Kier alpha value is -6.77. The van der Waals surface area contributed by atoms with Gasteiger partial charge in [0, 0.05) is 79.6 Å². The molecule has 0 N–H and O–H groups in total. The number of hydrogen-bond acceptors (Lipinski definition) is 10. The lowest BCUT2D eigenvalue weighted by Crippen LogP contribution is -2.52. The molecule has 0 saturated heterocycles. The zero-order valence-corrected chi connectivity index (χ0v) is 53.2. The SMILES string of the molecule is CC(C)(C)c1ccc(OB2n3c4c5cc(I)ccc5c3N=c3c5cc(I)ccc5c(n32)=NC2=NC(=N4)c3cc4c5n6c(c4cc32)N=c2c3cc(I)ccc3c(n2B6Oc2ccc(C(C)(C)C)cc2)=NC2=NC(=N5)c3ccc(I)cc32)cc1. The molecule has 6 aliphatic heterocycles. The smallest absolute Gasteiger partial charge is 0.523 e. The molecule has 0 radical (unpaired) electrons. The van der Waals surface area contributed by atoms with Gasteiger partial charge in [0.05, 0.1) is 0 Å². The first-order valence-corrected chi connectivity index (χ1v) is 31.1. The van der Waals surface area contributed by atoms with Crippen LogP contribution in [0.15, 0.2) is 173 Å². The number of rotatable bonds is 4. The van der Waals surface area contributed by atoms with Crippen molar-refractivity contribution in [1.29, 1.82) is 0 Å². The average Bonchev–Trinajstić information content (AvgIpc) is 1.84. The maximum atomic E-state index is 7.40. The molecule has 0 atom stereocenters. The van der Waals surface area contributed by atoms with Gasteiger partial charge in [-0.1, -0.05) is 65.8 Å². The summed E-state index contributed by atoms with van der Waals surface area (Å²) >= 11 is 9.52. The van der Waals surface area contributed by atoms with Crippen molar-refractivity contribution in [3.8, 4) is 11.5 Å². The standard InChI is InChI=1S/C62H40B2I4N12O2/c1-61(2,3)29-7-15-35(16-8-29)81-63-77-54-38-20-12-33(67)25-45(38)58(77)75-55-40-22-14-32(66)24-44(40)56(79(55)63)74-52-42-27-47-48(28-43(42)51(70-52)73-54)60-76-59-46-26-34(68)13-21-39(46)53-72-50-41-23-31(65)11-19-37(41)49(69-50)71-57(47)80(60)64(78(53)59)82-36-17-9-30(10-18-36)62(4,5)6/h7-28H,1-6H3. The van der Waals surface area contributed by atoms with Crippen molar-refractivity contribution in [1.82, 2.24) is 17.9 Å². The first-order valence-electron chi connectivity index (χ1n) is 26.8. The van der Waals surface area contributed by atoms with Gasteiger partial charge in [-0.2, -0.15) is 0 Å². The van der Waals surface area contributed by atoms with Crippen molar-refractivity contribution in [2.45, 2.75) is 52.4 Å². The van der Waals surface area contributed by atoms with Gasteiger partial charge >= 0.3 is 14.4 Å². The van der Waals surface area contributed by atoms with E-state index in [2.05, 4.69) is 283 Å². The Morgan fingerprint density at radius 3 is 1.15 bits per heavy atom. The minimum atomic E-state index is -0.833. The predicted octanol–water partition coefficient (Wildman–Crippen LogP) is 12.9. The van der Waals surface area contributed by atoms with Gasteiger partial charge < -0.3 is 9.31 Å². The van der Waals surface area contributed by atoms with Crippen LogP contribution in [0, 0.1) is 14.3 Å². The monoisotopic (exact) mass is 1510 g/mol. The Bertz CT molecular complexity index is 5250.